The zero-order chi connectivity index (χ0) is 16.8. The van der Waals surface area contributed by atoms with Crippen molar-refractivity contribution in [2.45, 2.75) is 39.4 Å². The van der Waals surface area contributed by atoms with E-state index in [2.05, 4.69) is 10.4 Å². The third-order valence-corrected chi connectivity index (χ3v) is 3.67. The van der Waals surface area contributed by atoms with E-state index < -0.39 is 0 Å². The zero-order valence-electron chi connectivity index (χ0n) is 14.1. The molecule has 1 aliphatic heterocycles. The molecule has 2 rings (SSSR count). The van der Waals surface area contributed by atoms with Gasteiger partial charge >= 0.3 is 6.03 Å². The van der Waals surface area contributed by atoms with Gasteiger partial charge in [-0.3, -0.25) is 9.48 Å². The lowest BCUT2D eigenvalue weighted by atomic mass is 10.3. The molecule has 0 aromatic carbocycles. The number of fused-ring (bicyclic) bond motifs is 1. The van der Waals surface area contributed by atoms with Gasteiger partial charge in [-0.15, -0.1) is 0 Å². The number of hydrogen-bond acceptors (Lipinski definition) is 3. The number of allylic oxidation sites excluding steroid dienone is 1. The van der Waals surface area contributed by atoms with Gasteiger partial charge in [0.15, 0.2) is 0 Å². The van der Waals surface area contributed by atoms with E-state index in [0.717, 1.165) is 17.8 Å². The molecule has 23 heavy (non-hydrogen) atoms. The van der Waals surface area contributed by atoms with Gasteiger partial charge in [0.25, 0.3) is 0 Å². The molecule has 0 saturated carbocycles. The molecule has 0 saturated heterocycles. The molecule has 1 N–H and O–H groups in total. The van der Waals surface area contributed by atoms with Gasteiger partial charge in [-0.05, 0) is 12.5 Å². The second kappa shape index (κ2) is 7.80. The molecule has 3 amide bonds. The van der Waals surface area contributed by atoms with Crippen LogP contribution in [-0.4, -0.2) is 52.2 Å². The summed E-state index contributed by atoms with van der Waals surface area (Å²) < 4.78 is 1.91. The van der Waals surface area contributed by atoms with Crippen LogP contribution in [0.15, 0.2) is 18.2 Å². The summed E-state index contributed by atoms with van der Waals surface area (Å²) in [7, 11) is 3.50. The van der Waals surface area contributed by atoms with Gasteiger partial charge in [-0.2, -0.15) is 5.10 Å². The Balaban J connectivity index is 1.89. The molecule has 1 aromatic heterocycles. The van der Waals surface area contributed by atoms with Crippen molar-refractivity contribution in [2.24, 2.45) is 0 Å². The lowest BCUT2D eigenvalue weighted by Crippen LogP contribution is -2.43. The molecule has 0 spiro atoms. The van der Waals surface area contributed by atoms with Crippen molar-refractivity contribution in [1.82, 2.24) is 24.9 Å². The molecule has 1 aromatic rings. The lowest BCUT2D eigenvalue weighted by molar-refractivity contribution is -0.120. The lowest BCUT2D eigenvalue weighted by Gasteiger charge is -2.29. The van der Waals surface area contributed by atoms with E-state index in [-0.39, 0.29) is 11.9 Å². The van der Waals surface area contributed by atoms with Gasteiger partial charge in [0.2, 0.25) is 5.91 Å². The Kier molecular flexibility index (Phi) is 5.78. The zero-order valence-corrected chi connectivity index (χ0v) is 14.1. The van der Waals surface area contributed by atoms with E-state index in [1.54, 1.807) is 23.9 Å². The number of nitrogens with zero attached hydrogens (tertiary/aromatic N) is 4. The molecule has 0 atom stereocenters. The molecule has 7 heteroatoms. The quantitative estimate of drug-likeness (QED) is 0.833. The number of urea groups is 1. The minimum atomic E-state index is -0.00918. The maximum Gasteiger partial charge on any atom is 0.319 e. The predicted octanol–water partition coefficient (Wildman–Crippen LogP) is 1.35. The summed E-state index contributed by atoms with van der Waals surface area (Å²) in [6.45, 7) is 4.34. The Morgan fingerprint density at radius 2 is 2.13 bits per heavy atom. The molecule has 0 bridgehead atoms. The van der Waals surface area contributed by atoms with Crippen LogP contribution in [0, 0.1) is 0 Å². The highest BCUT2D eigenvalue weighted by Gasteiger charge is 2.23. The Bertz CT molecular complexity index is 591. The Morgan fingerprint density at radius 3 is 2.83 bits per heavy atom. The maximum atomic E-state index is 12.0. The van der Waals surface area contributed by atoms with Gasteiger partial charge in [0.05, 0.1) is 31.0 Å². The normalized spacial score (nSPS) is 14.0. The Morgan fingerprint density at radius 1 is 1.35 bits per heavy atom. The molecule has 7 nitrogen and oxygen atoms in total. The summed E-state index contributed by atoms with van der Waals surface area (Å²) >= 11 is 0. The molecule has 1 aliphatic rings. The molecular formula is C16H25N5O2. The fourth-order valence-electron chi connectivity index (χ4n) is 2.48. The van der Waals surface area contributed by atoms with Crippen molar-refractivity contribution in [1.29, 1.82) is 0 Å². The second-order valence-electron chi connectivity index (χ2n) is 5.81. The number of aromatic nitrogens is 2. The highest BCUT2D eigenvalue weighted by Crippen LogP contribution is 2.14. The van der Waals surface area contributed by atoms with Crippen molar-refractivity contribution < 1.29 is 9.59 Å². The minimum absolute atomic E-state index is 0.00918. The number of amides is 3. The first-order valence-electron chi connectivity index (χ1n) is 7.94. The average molecular weight is 319 g/mol. The van der Waals surface area contributed by atoms with Gasteiger partial charge in [-0.1, -0.05) is 19.1 Å². The van der Waals surface area contributed by atoms with E-state index in [0.29, 0.717) is 32.6 Å². The Labute approximate surface area is 136 Å². The highest BCUT2D eigenvalue weighted by atomic mass is 16.2. The van der Waals surface area contributed by atoms with Crippen LogP contribution in [0.2, 0.25) is 0 Å². The summed E-state index contributed by atoms with van der Waals surface area (Å²) in [5.74, 6) is -0.00918. The van der Waals surface area contributed by atoms with Crippen molar-refractivity contribution >= 4 is 11.9 Å². The van der Waals surface area contributed by atoms with E-state index >= 15 is 0 Å². The van der Waals surface area contributed by atoms with Gasteiger partial charge in [0, 0.05) is 27.1 Å². The monoisotopic (exact) mass is 319 g/mol. The van der Waals surface area contributed by atoms with Crippen LogP contribution < -0.4 is 5.32 Å². The smallest absolute Gasteiger partial charge is 0.319 e. The third-order valence-electron chi connectivity index (χ3n) is 3.67. The third kappa shape index (κ3) is 4.58. The van der Waals surface area contributed by atoms with Gasteiger partial charge in [-0.25, -0.2) is 4.79 Å². The number of rotatable bonds is 5. The summed E-state index contributed by atoms with van der Waals surface area (Å²) in [5.41, 5.74) is 1.83. The average Bonchev–Trinajstić information content (AvgIpc) is 2.94. The fourth-order valence-corrected chi connectivity index (χ4v) is 2.48. The van der Waals surface area contributed by atoms with Crippen molar-refractivity contribution in [3.63, 3.8) is 0 Å². The highest BCUT2D eigenvalue weighted by molar-refractivity contribution is 5.77. The summed E-state index contributed by atoms with van der Waals surface area (Å²) in [6, 6.07) is 1.96. The summed E-state index contributed by atoms with van der Waals surface area (Å²) in [6.07, 6.45) is 5.18. The first-order chi connectivity index (χ1) is 11.0. The van der Waals surface area contributed by atoms with Crippen LogP contribution in [0.4, 0.5) is 4.79 Å². The molecule has 2 heterocycles. The number of nitrogens with one attached hydrogen (secondary N) is 1. The molecule has 0 unspecified atom stereocenters. The van der Waals surface area contributed by atoms with Crippen LogP contribution >= 0.6 is 0 Å². The topological polar surface area (TPSA) is 70.5 Å². The predicted molar refractivity (Wildman–Crippen MR) is 87.6 cm³/mol. The van der Waals surface area contributed by atoms with Crippen molar-refractivity contribution in [3.8, 4) is 0 Å². The van der Waals surface area contributed by atoms with Gasteiger partial charge < -0.3 is 15.1 Å². The van der Waals surface area contributed by atoms with Crippen LogP contribution in [0.3, 0.4) is 0 Å². The van der Waals surface area contributed by atoms with Crippen LogP contribution in [-0.2, 0) is 24.4 Å². The first-order valence-corrected chi connectivity index (χ1v) is 7.94. The number of carbonyl (C=O) groups excluding carboxylic acids is 2. The van der Waals surface area contributed by atoms with Crippen LogP contribution in [0.25, 0.3) is 0 Å². The molecule has 0 fully saturated rings. The molecule has 126 valence electrons. The summed E-state index contributed by atoms with van der Waals surface area (Å²) in [5, 5.41) is 7.35. The number of hydrogen-bond donors (Lipinski definition) is 1. The maximum absolute atomic E-state index is 12.0. The van der Waals surface area contributed by atoms with E-state index in [1.807, 2.05) is 29.8 Å². The Hall–Kier alpha value is -2.31. The van der Waals surface area contributed by atoms with Gasteiger partial charge in [0.1, 0.15) is 0 Å². The molecule has 0 aliphatic carbocycles. The van der Waals surface area contributed by atoms with E-state index in [9.17, 15) is 9.59 Å². The van der Waals surface area contributed by atoms with E-state index in [4.69, 9.17) is 0 Å². The summed E-state index contributed by atoms with van der Waals surface area (Å²) in [4.78, 5) is 27.1. The van der Waals surface area contributed by atoms with E-state index in [1.165, 1.54) is 0 Å². The molecule has 0 radical (unpaired) electrons. The SMILES string of the molecule is CC/C=C/CC(=O)NCc1cc2n(n1)CCN(C(=O)N(C)C)C2. The molecular weight excluding hydrogens is 294 g/mol. The standard InChI is InChI=1S/C16H25N5O2/c1-4-5-6-7-15(22)17-11-13-10-14-12-20(16(23)19(2)3)8-9-21(14)18-13/h5-6,10H,4,7-9,11-12H2,1-3H3,(H,17,22)/b6-5+. The second-order valence-corrected chi connectivity index (χ2v) is 5.81. The number of carbonyl (C=O) groups is 2. The fraction of sp³-hybridized carbons (Fsp3) is 0.562. The van der Waals surface area contributed by atoms with Crippen molar-refractivity contribution in [2.75, 3.05) is 20.6 Å². The minimum Gasteiger partial charge on any atom is -0.350 e. The van der Waals surface area contributed by atoms with Crippen LogP contribution in [0.5, 0.6) is 0 Å². The first kappa shape index (κ1) is 17.1. The largest absolute Gasteiger partial charge is 0.350 e. The van der Waals surface area contributed by atoms with Crippen LogP contribution in [0.1, 0.15) is 31.2 Å². The van der Waals surface area contributed by atoms with Crippen molar-refractivity contribution in [3.05, 3.63) is 29.6 Å².